The second-order valence-electron chi connectivity index (χ2n) is 4.88. The lowest BCUT2D eigenvalue weighted by molar-refractivity contribution is -0.128. The summed E-state index contributed by atoms with van der Waals surface area (Å²) in [6.07, 6.45) is 1.36. The number of nitrogens with two attached hydrogens (primary N) is 1. The van der Waals surface area contributed by atoms with E-state index >= 15 is 0 Å². The van der Waals surface area contributed by atoms with Gasteiger partial charge in [-0.2, -0.15) is 0 Å². The topological polar surface area (TPSA) is 56.5 Å². The Morgan fingerprint density at radius 1 is 1.50 bits per heavy atom. The maximum Gasteiger partial charge on any atom is 0.128 e. The van der Waals surface area contributed by atoms with Crippen molar-refractivity contribution in [2.24, 2.45) is 5.84 Å². The lowest BCUT2D eigenvalue weighted by Crippen LogP contribution is -2.52. The van der Waals surface area contributed by atoms with Gasteiger partial charge in [0.2, 0.25) is 0 Å². The molecule has 0 saturated carbocycles. The molecular formula is C14H20BrFN2O2. The molecule has 1 aliphatic heterocycles. The van der Waals surface area contributed by atoms with Crippen molar-refractivity contribution in [1.29, 1.82) is 0 Å². The molecule has 1 atom stereocenters. The Morgan fingerprint density at radius 3 is 2.80 bits per heavy atom. The molecule has 20 heavy (non-hydrogen) atoms. The first-order valence-corrected chi connectivity index (χ1v) is 7.55. The van der Waals surface area contributed by atoms with Crippen LogP contribution in [-0.2, 0) is 9.47 Å². The van der Waals surface area contributed by atoms with Crippen LogP contribution in [0.1, 0.15) is 31.4 Å². The fourth-order valence-electron chi connectivity index (χ4n) is 2.78. The van der Waals surface area contributed by atoms with Crippen molar-refractivity contribution in [3.05, 3.63) is 34.1 Å². The van der Waals surface area contributed by atoms with E-state index in [2.05, 4.69) is 21.4 Å². The first-order chi connectivity index (χ1) is 9.63. The monoisotopic (exact) mass is 346 g/mol. The van der Waals surface area contributed by atoms with E-state index in [9.17, 15) is 4.39 Å². The second kappa shape index (κ2) is 6.95. The average molecular weight is 347 g/mol. The number of benzene rings is 1. The highest BCUT2D eigenvalue weighted by molar-refractivity contribution is 9.10. The molecule has 0 spiro atoms. The van der Waals surface area contributed by atoms with E-state index in [0.29, 0.717) is 38.2 Å². The fraction of sp³-hybridized carbons (Fsp3) is 0.571. The van der Waals surface area contributed by atoms with Crippen molar-refractivity contribution in [3.8, 4) is 0 Å². The molecular weight excluding hydrogens is 327 g/mol. The van der Waals surface area contributed by atoms with Crippen LogP contribution in [0.15, 0.2) is 22.7 Å². The van der Waals surface area contributed by atoms with Crippen molar-refractivity contribution in [3.63, 3.8) is 0 Å². The highest BCUT2D eigenvalue weighted by Gasteiger charge is 2.42. The van der Waals surface area contributed by atoms with Gasteiger partial charge >= 0.3 is 0 Å². The van der Waals surface area contributed by atoms with E-state index in [4.69, 9.17) is 15.3 Å². The molecule has 1 aromatic carbocycles. The number of hydrazine groups is 1. The maximum absolute atomic E-state index is 14.2. The lowest BCUT2D eigenvalue weighted by Gasteiger charge is -2.43. The van der Waals surface area contributed by atoms with E-state index in [1.165, 1.54) is 6.07 Å². The number of ether oxygens (including phenoxy) is 2. The Morgan fingerprint density at radius 2 is 2.20 bits per heavy atom. The smallest absolute Gasteiger partial charge is 0.128 e. The summed E-state index contributed by atoms with van der Waals surface area (Å²) in [5.41, 5.74) is 2.71. The van der Waals surface area contributed by atoms with Crippen LogP contribution in [0.5, 0.6) is 0 Å². The SMILES string of the molecule is CCOC1(C(NN)c2cc(Br)ccc2F)CCOCC1. The zero-order valence-corrected chi connectivity index (χ0v) is 13.1. The molecule has 3 N–H and O–H groups in total. The van der Waals surface area contributed by atoms with E-state index in [1.807, 2.05) is 6.92 Å². The van der Waals surface area contributed by atoms with Gasteiger partial charge in [-0.3, -0.25) is 5.84 Å². The van der Waals surface area contributed by atoms with Gasteiger partial charge in [0.25, 0.3) is 0 Å². The third-order valence-electron chi connectivity index (χ3n) is 3.73. The predicted molar refractivity (Wildman–Crippen MR) is 78.6 cm³/mol. The molecule has 0 aromatic heterocycles. The molecule has 1 unspecified atom stereocenters. The standard InChI is InChI=1S/C14H20BrFN2O2/c1-2-20-14(5-7-19-8-6-14)13(18-17)11-9-10(15)3-4-12(11)16/h3-4,9,13,18H,2,5-8,17H2,1H3. The van der Waals surface area contributed by atoms with Crippen LogP contribution in [-0.4, -0.2) is 25.4 Å². The molecule has 0 aliphatic carbocycles. The first-order valence-electron chi connectivity index (χ1n) is 6.76. The van der Waals surface area contributed by atoms with Crippen molar-refractivity contribution in [2.45, 2.75) is 31.4 Å². The number of rotatable bonds is 5. The Labute approximate surface area is 126 Å². The van der Waals surface area contributed by atoms with Gasteiger partial charge in [0.15, 0.2) is 0 Å². The quantitative estimate of drug-likeness (QED) is 0.635. The molecule has 1 saturated heterocycles. The van der Waals surface area contributed by atoms with Gasteiger partial charge in [-0.1, -0.05) is 15.9 Å². The van der Waals surface area contributed by atoms with Crippen LogP contribution < -0.4 is 11.3 Å². The molecule has 0 radical (unpaired) electrons. The molecule has 4 nitrogen and oxygen atoms in total. The highest BCUT2D eigenvalue weighted by Crippen LogP contribution is 2.39. The Balaban J connectivity index is 2.39. The summed E-state index contributed by atoms with van der Waals surface area (Å²) in [7, 11) is 0. The van der Waals surface area contributed by atoms with Gasteiger partial charge in [-0.15, -0.1) is 0 Å². The zero-order chi connectivity index (χ0) is 14.6. The normalized spacial score (nSPS) is 19.8. The average Bonchev–Trinajstić information content (AvgIpc) is 2.45. The second-order valence-corrected chi connectivity index (χ2v) is 5.79. The van der Waals surface area contributed by atoms with Crippen LogP contribution >= 0.6 is 15.9 Å². The van der Waals surface area contributed by atoms with Crippen molar-refractivity contribution < 1.29 is 13.9 Å². The van der Waals surface area contributed by atoms with Gasteiger partial charge in [-0.25, -0.2) is 9.82 Å². The Bertz CT molecular complexity index is 447. The van der Waals surface area contributed by atoms with Crippen LogP contribution in [0.25, 0.3) is 0 Å². The van der Waals surface area contributed by atoms with Gasteiger partial charge in [0, 0.05) is 42.7 Å². The first kappa shape index (κ1) is 15.9. The maximum atomic E-state index is 14.2. The molecule has 0 bridgehead atoms. The highest BCUT2D eigenvalue weighted by atomic mass is 79.9. The van der Waals surface area contributed by atoms with Gasteiger partial charge in [-0.05, 0) is 25.1 Å². The summed E-state index contributed by atoms with van der Waals surface area (Å²) >= 11 is 3.37. The number of hydrogen-bond donors (Lipinski definition) is 2. The minimum absolute atomic E-state index is 0.290. The molecule has 2 rings (SSSR count). The summed E-state index contributed by atoms with van der Waals surface area (Å²) in [4.78, 5) is 0. The fourth-order valence-corrected chi connectivity index (χ4v) is 3.16. The zero-order valence-electron chi connectivity index (χ0n) is 11.5. The molecule has 6 heteroatoms. The van der Waals surface area contributed by atoms with Crippen LogP contribution in [0, 0.1) is 5.82 Å². The summed E-state index contributed by atoms with van der Waals surface area (Å²) in [5.74, 6) is 5.43. The summed E-state index contributed by atoms with van der Waals surface area (Å²) in [6, 6.07) is 4.44. The lowest BCUT2D eigenvalue weighted by atomic mass is 9.82. The largest absolute Gasteiger partial charge is 0.381 e. The van der Waals surface area contributed by atoms with E-state index in [-0.39, 0.29) is 5.82 Å². The number of nitrogens with one attached hydrogen (secondary N) is 1. The van der Waals surface area contributed by atoms with Crippen molar-refractivity contribution in [1.82, 2.24) is 5.43 Å². The number of halogens is 2. The minimum Gasteiger partial charge on any atom is -0.381 e. The Kier molecular flexibility index (Phi) is 5.51. The van der Waals surface area contributed by atoms with E-state index in [1.54, 1.807) is 12.1 Å². The Hall–Kier alpha value is -0.530. The molecule has 0 amide bonds. The minimum atomic E-state index is -0.538. The molecule has 1 fully saturated rings. The molecule has 1 heterocycles. The molecule has 112 valence electrons. The van der Waals surface area contributed by atoms with Crippen LogP contribution in [0.3, 0.4) is 0 Å². The predicted octanol–water partition coefficient (Wildman–Crippen LogP) is 2.68. The van der Waals surface area contributed by atoms with Crippen molar-refractivity contribution >= 4 is 15.9 Å². The van der Waals surface area contributed by atoms with Gasteiger partial charge in [0.1, 0.15) is 5.82 Å². The molecule has 1 aromatic rings. The molecule has 1 aliphatic rings. The third kappa shape index (κ3) is 3.20. The number of hydrogen-bond acceptors (Lipinski definition) is 4. The van der Waals surface area contributed by atoms with E-state index < -0.39 is 11.6 Å². The summed E-state index contributed by atoms with van der Waals surface area (Å²) < 4.78 is 26.4. The van der Waals surface area contributed by atoms with Gasteiger partial charge < -0.3 is 9.47 Å². The van der Waals surface area contributed by atoms with Crippen molar-refractivity contribution in [2.75, 3.05) is 19.8 Å². The van der Waals surface area contributed by atoms with Crippen LogP contribution in [0.4, 0.5) is 4.39 Å². The van der Waals surface area contributed by atoms with Gasteiger partial charge in [0.05, 0.1) is 11.6 Å². The third-order valence-corrected chi connectivity index (χ3v) is 4.23. The van der Waals surface area contributed by atoms with Crippen LogP contribution in [0.2, 0.25) is 0 Å². The van der Waals surface area contributed by atoms with E-state index in [0.717, 1.165) is 4.47 Å². The summed E-state index contributed by atoms with van der Waals surface area (Å²) in [5, 5.41) is 0. The summed E-state index contributed by atoms with van der Waals surface area (Å²) in [6.45, 7) is 3.66.